The van der Waals surface area contributed by atoms with Gasteiger partial charge >= 0.3 is 5.97 Å². The van der Waals surface area contributed by atoms with E-state index >= 15 is 0 Å². The molecule has 0 radical (unpaired) electrons. The van der Waals surface area contributed by atoms with Crippen molar-refractivity contribution in [2.75, 3.05) is 0 Å². The van der Waals surface area contributed by atoms with Crippen LogP contribution in [-0.4, -0.2) is 25.0 Å². The molecule has 2 heterocycles. The number of carboxylic acid groups (broad SMARTS) is 1. The van der Waals surface area contributed by atoms with Crippen molar-refractivity contribution in [1.29, 1.82) is 0 Å². The minimum atomic E-state index is -1.03. The number of rotatable bonds is 2. The Hall–Kier alpha value is -2.11. The van der Waals surface area contributed by atoms with Gasteiger partial charge in [-0.25, -0.2) is 4.98 Å². The van der Waals surface area contributed by atoms with Crippen molar-refractivity contribution >= 4 is 11.7 Å². The van der Waals surface area contributed by atoms with E-state index in [4.69, 9.17) is 5.11 Å². The molecule has 2 rings (SSSR count). The van der Waals surface area contributed by atoms with Crippen LogP contribution in [0.4, 0.5) is 0 Å². The summed E-state index contributed by atoms with van der Waals surface area (Å²) in [5, 5.41) is 8.77. The van der Waals surface area contributed by atoms with E-state index in [2.05, 4.69) is 4.98 Å². The minimum absolute atomic E-state index is 0.237. The van der Waals surface area contributed by atoms with Gasteiger partial charge in [-0.05, 0) is 13.8 Å². The van der Waals surface area contributed by atoms with E-state index in [1.54, 1.807) is 17.7 Å². The number of aliphatic carboxylic acids is 1. The van der Waals surface area contributed by atoms with Crippen molar-refractivity contribution in [1.82, 2.24) is 14.0 Å². The zero-order chi connectivity index (χ0) is 12.7. The molecule has 0 spiro atoms. The predicted octanol–water partition coefficient (Wildman–Crippen LogP) is 0.277. The van der Waals surface area contributed by atoms with E-state index in [-0.39, 0.29) is 17.5 Å². The van der Waals surface area contributed by atoms with Gasteiger partial charge in [0.25, 0.3) is 5.56 Å². The topological polar surface area (TPSA) is 76.6 Å². The lowest BCUT2D eigenvalue weighted by atomic mass is 10.2. The molecule has 6 nitrogen and oxygen atoms in total. The van der Waals surface area contributed by atoms with E-state index in [1.165, 1.54) is 4.40 Å². The molecule has 0 aromatic carbocycles. The molecule has 0 atom stereocenters. The van der Waals surface area contributed by atoms with Crippen LogP contribution in [0.2, 0.25) is 0 Å². The van der Waals surface area contributed by atoms with Gasteiger partial charge in [0.1, 0.15) is 0 Å². The lowest BCUT2D eigenvalue weighted by Gasteiger charge is -2.03. The van der Waals surface area contributed by atoms with Crippen molar-refractivity contribution in [3.8, 4) is 0 Å². The van der Waals surface area contributed by atoms with Crippen LogP contribution in [0.15, 0.2) is 11.0 Å². The first-order valence-electron chi connectivity index (χ1n) is 5.17. The third kappa shape index (κ3) is 1.71. The Morgan fingerprint density at radius 1 is 1.47 bits per heavy atom. The summed E-state index contributed by atoms with van der Waals surface area (Å²) in [5.74, 6) is -0.501. The summed E-state index contributed by atoms with van der Waals surface area (Å²) in [6.07, 6.45) is 1.37. The summed E-state index contributed by atoms with van der Waals surface area (Å²) in [5.41, 5.74) is 1.29. The van der Waals surface area contributed by atoms with Gasteiger partial charge in [-0.3, -0.25) is 14.0 Å². The maximum absolute atomic E-state index is 12.1. The van der Waals surface area contributed by atoms with Crippen LogP contribution in [0.3, 0.4) is 0 Å². The van der Waals surface area contributed by atoms with Gasteiger partial charge in [-0.1, -0.05) is 0 Å². The first kappa shape index (κ1) is 11.4. The molecule has 6 heteroatoms. The molecule has 2 aromatic rings. The highest BCUT2D eigenvalue weighted by Crippen LogP contribution is 2.07. The zero-order valence-corrected chi connectivity index (χ0v) is 9.89. The minimum Gasteiger partial charge on any atom is -0.481 e. The van der Waals surface area contributed by atoms with E-state index in [0.29, 0.717) is 11.5 Å². The second-order valence-electron chi connectivity index (χ2n) is 4.05. The van der Waals surface area contributed by atoms with Gasteiger partial charge in [0, 0.05) is 18.9 Å². The second kappa shape index (κ2) is 3.73. The first-order chi connectivity index (χ1) is 7.91. The number of aryl methyl sites for hydroxylation is 3. The predicted molar refractivity (Wildman–Crippen MR) is 61.2 cm³/mol. The van der Waals surface area contributed by atoms with E-state index in [0.717, 1.165) is 5.69 Å². The summed E-state index contributed by atoms with van der Waals surface area (Å²) in [6, 6.07) is 0. The molecule has 0 bridgehead atoms. The highest BCUT2D eigenvalue weighted by atomic mass is 16.4. The smallest absolute Gasteiger partial charge is 0.308 e. The fourth-order valence-corrected chi connectivity index (χ4v) is 1.80. The number of hydrogen-bond donors (Lipinski definition) is 1. The monoisotopic (exact) mass is 235 g/mol. The fourth-order valence-electron chi connectivity index (χ4n) is 1.80. The summed E-state index contributed by atoms with van der Waals surface area (Å²) in [6.45, 7) is 3.52. The average molecular weight is 235 g/mol. The lowest BCUT2D eigenvalue weighted by Crippen LogP contribution is -2.23. The molecule has 0 saturated heterocycles. The Balaban J connectivity index is 2.81. The summed E-state index contributed by atoms with van der Waals surface area (Å²) >= 11 is 0. The first-order valence-corrected chi connectivity index (χ1v) is 5.17. The Morgan fingerprint density at radius 2 is 2.12 bits per heavy atom. The van der Waals surface area contributed by atoms with Crippen LogP contribution >= 0.6 is 0 Å². The van der Waals surface area contributed by atoms with Crippen LogP contribution in [0, 0.1) is 13.8 Å². The van der Waals surface area contributed by atoms with Crippen molar-refractivity contribution in [2.45, 2.75) is 20.3 Å². The average Bonchev–Trinajstić information content (AvgIpc) is 2.52. The molecule has 0 saturated carbocycles. The second-order valence-corrected chi connectivity index (χ2v) is 4.05. The largest absolute Gasteiger partial charge is 0.481 e. The van der Waals surface area contributed by atoms with Crippen molar-refractivity contribution in [2.24, 2.45) is 7.05 Å². The molecule has 0 aliphatic carbocycles. The van der Waals surface area contributed by atoms with E-state index in [9.17, 15) is 9.59 Å². The van der Waals surface area contributed by atoms with Gasteiger partial charge in [-0.2, -0.15) is 0 Å². The number of aromatic nitrogens is 3. The maximum atomic E-state index is 12.1. The van der Waals surface area contributed by atoms with Crippen LogP contribution in [0.5, 0.6) is 0 Å². The van der Waals surface area contributed by atoms with Gasteiger partial charge in [0.05, 0.1) is 17.7 Å². The SMILES string of the molecule is Cc1nc2n(C)c(C)cn2c(=O)c1CC(=O)O. The lowest BCUT2D eigenvalue weighted by molar-refractivity contribution is -0.136. The number of nitrogens with zero attached hydrogens (tertiary/aromatic N) is 3. The Kier molecular flexibility index (Phi) is 2.49. The maximum Gasteiger partial charge on any atom is 0.308 e. The third-order valence-electron chi connectivity index (χ3n) is 2.87. The number of hydrogen-bond acceptors (Lipinski definition) is 3. The van der Waals surface area contributed by atoms with Crippen LogP contribution in [-0.2, 0) is 18.3 Å². The highest BCUT2D eigenvalue weighted by molar-refractivity contribution is 5.70. The molecule has 0 aliphatic heterocycles. The summed E-state index contributed by atoms with van der Waals surface area (Å²) < 4.78 is 3.18. The molecule has 0 unspecified atom stereocenters. The highest BCUT2D eigenvalue weighted by Gasteiger charge is 2.15. The van der Waals surface area contributed by atoms with Crippen LogP contribution in [0.25, 0.3) is 5.78 Å². The quantitative estimate of drug-likeness (QED) is 0.811. The molecule has 1 N–H and O–H groups in total. The Labute approximate surface area is 97.1 Å². The molecule has 17 heavy (non-hydrogen) atoms. The van der Waals surface area contributed by atoms with Gasteiger partial charge in [0.2, 0.25) is 5.78 Å². The Bertz CT molecular complexity index is 667. The zero-order valence-electron chi connectivity index (χ0n) is 9.89. The fraction of sp³-hybridized carbons (Fsp3) is 0.364. The van der Waals surface area contributed by atoms with Crippen molar-refractivity contribution < 1.29 is 9.90 Å². The standard InChI is InChI=1S/C11H13N3O3/c1-6-5-14-10(17)8(4-9(15)16)7(2)12-11(14)13(6)3/h5H,4H2,1-3H3,(H,15,16). The van der Waals surface area contributed by atoms with Gasteiger partial charge in [-0.15, -0.1) is 0 Å². The summed E-state index contributed by atoms with van der Waals surface area (Å²) in [7, 11) is 1.81. The molecule has 2 aromatic heterocycles. The van der Waals surface area contributed by atoms with Gasteiger partial charge in [0.15, 0.2) is 0 Å². The number of carbonyl (C=O) groups is 1. The Morgan fingerprint density at radius 3 is 2.71 bits per heavy atom. The number of imidazole rings is 1. The number of carboxylic acids is 1. The molecule has 0 aliphatic rings. The van der Waals surface area contributed by atoms with E-state index < -0.39 is 5.97 Å². The van der Waals surface area contributed by atoms with Crippen LogP contribution in [0.1, 0.15) is 17.0 Å². The summed E-state index contributed by atoms with van der Waals surface area (Å²) in [4.78, 5) is 27.1. The van der Waals surface area contributed by atoms with Gasteiger partial charge < -0.3 is 9.67 Å². The van der Waals surface area contributed by atoms with Crippen LogP contribution < -0.4 is 5.56 Å². The number of fused-ring (bicyclic) bond motifs is 1. The third-order valence-corrected chi connectivity index (χ3v) is 2.87. The van der Waals surface area contributed by atoms with Crippen molar-refractivity contribution in [3.63, 3.8) is 0 Å². The molecular weight excluding hydrogens is 222 g/mol. The molecule has 0 amide bonds. The molecule has 90 valence electrons. The normalized spacial score (nSPS) is 11.0. The molecule has 0 fully saturated rings. The molecular formula is C11H13N3O3. The van der Waals surface area contributed by atoms with E-state index in [1.807, 2.05) is 14.0 Å². The van der Waals surface area contributed by atoms with Crippen molar-refractivity contribution in [3.05, 3.63) is 33.5 Å².